The van der Waals surface area contributed by atoms with Gasteiger partial charge in [0.1, 0.15) is 12.4 Å². The first kappa shape index (κ1) is 12.0. The molecule has 17 heavy (non-hydrogen) atoms. The van der Waals surface area contributed by atoms with Crippen LogP contribution in [0.5, 0.6) is 5.75 Å². The van der Waals surface area contributed by atoms with Crippen LogP contribution in [0.2, 0.25) is 0 Å². The summed E-state index contributed by atoms with van der Waals surface area (Å²) >= 11 is 3.41. The summed E-state index contributed by atoms with van der Waals surface area (Å²) in [5.74, 6) is 0.881. The highest BCUT2D eigenvalue weighted by Gasteiger charge is 1.96. The van der Waals surface area contributed by atoms with Crippen LogP contribution in [0.15, 0.2) is 53.0 Å². The van der Waals surface area contributed by atoms with E-state index in [0.717, 1.165) is 21.5 Å². The number of ether oxygens (including phenoxy) is 1. The minimum absolute atomic E-state index is 0.589. The Morgan fingerprint density at radius 1 is 1.00 bits per heavy atom. The van der Waals surface area contributed by atoms with Crippen molar-refractivity contribution in [2.45, 2.75) is 6.61 Å². The van der Waals surface area contributed by atoms with Gasteiger partial charge in [-0.05, 0) is 42.0 Å². The average Bonchev–Trinajstić information content (AvgIpc) is 2.39. The maximum Gasteiger partial charge on any atom is 0.119 e. The number of rotatable bonds is 4. The Bertz CT molecular complexity index is 465. The summed E-state index contributed by atoms with van der Waals surface area (Å²) in [4.78, 5) is 0. The third-order valence-electron chi connectivity index (χ3n) is 2.46. The molecule has 2 nitrogen and oxygen atoms in total. The fourth-order valence-corrected chi connectivity index (χ4v) is 1.73. The second-order valence-electron chi connectivity index (χ2n) is 3.69. The summed E-state index contributed by atoms with van der Waals surface area (Å²) < 4.78 is 6.77. The van der Waals surface area contributed by atoms with Gasteiger partial charge in [-0.1, -0.05) is 28.1 Å². The highest BCUT2D eigenvalue weighted by molar-refractivity contribution is 9.10. The molecule has 0 heterocycles. The Hall–Kier alpha value is -1.48. The summed E-state index contributed by atoms with van der Waals surface area (Å²) in [6.07, 6.45) is 0. The third-order valence-corrected chi connectivity index (χ3v) is 2.99. The molecule has 0 aliphatic rings. The van der Waals surface area contributed by atoms with Gasteiger partial charge in [0.15, 0.2) is 0 Å². The van der Waals surface area contributed by atoms with E-state index in [-0.39, 0.29) is 0 Å². The second-order valence-corrected chi connectivity index (χ2v) is 4.61. The van der Waals surface area contributed by atoms with Crippen LogP contribution in [-0.4, -0.2) is 7.05 Å². The fraction of sp³-hybridized carbons (Fsp3) is 0.143. The van der Waals surface area contributed by atoms with Gasteiger partial charge in [-0.25, -0.2) is 0 Å². The quantitative estimate of drug-likeness (QED) is 0.917. The van der Waals surface area contributed by atoms with Crippen LogP contribution < -0.4 is 10.1 Å². The summed E-state index contributed by atoms with van der Waals surface area (Å²) in [5.41, 5.74) is 2.24. The van der Waals surface area contributed by atoms with Crippen molar-refractivity contribution in [1.29, 1.82) is 0 Å². The van der Waals surface area contributed by atoms with E-state index in [2.05, 4.69) is 21.2 Å². The van der Waals surface area contributed by atoms with Crippen molar-refractivity contribution in [1.82, 2.24) is 0 Å². The molecule has 0 aliphatic carbocycles. The first-order valence-electron chi connectivity index (χ1n) is 5.43. The van der Waals surface area contributed by atoms with Crippen LogP contribution in [0.25, 0.3) is 0 Å². The molecule has 2 aromatic rings. The normalized spacial score (nSPS) is 10.0. The molecule has 0 atom stereocenters. The lowest BCUT2D eigenvalue weighted by Crippen LogP contribution is -1.95. The summed E-state index contributed by atoms with van der Waals surface area (Å²) in [5, 5.41) is 3.07. The molecule has 0 spiro atoms. The number of halogens is 1. The first-order valence-corrected chi connectivity index (χ1v) is 6.22. The standard InChI is InChI=1S/C14H14BrNO/c1-16-13-6-8-14(9-7-13)17-10-11-2-4-12(15)5-3-11/h2-9,16H,10H2,1H3. The minimum atomic E-state index is 0.589. The predicted molar refractivity (Wildman–Crippen MR) is 74.5 cm³/mol. The molecule has 0 bridgehead atoms. The molecule has 0 aliphatic heterocycles. The van der Waals surface area contributed by atoms with Gasteiger partial charge in [0.2, 0.25) is 0 Å². The third kappa shape index (κ3) is 3.49. The van der Waals surface area contributed by atoms with Crippen LogP contribution in [0.1, 0.15) is 5.56 Å². The Kier molecular flexibility index (Phi) is 4.04. The second kappa shape index (κ2) is 5.73. The lowest BCUT2D eigenvalue weighted by molar-refractivity contribution is 0.306. The largest absolute Gasteiger partial charge is 0.489 e. The van der Waals surface area contributed by atoms with Crippen molar-refractivity contribution in [2.24, 2.45) is 0 Å². The smallest absolute Gasteiger partial charge is 0.119 e. The van der Waals surface area contributed by atoms with Crippen LogP contribution in [0.4, 0.5) is 5.69 Å². The zero-order valence-corrected chi connectivity index (χ0v) is 11.2. The number of anilines is 1. The predicted octanol–water partition coefficient (Wildman–Crippen LogP) is 4.07. The molecule has 1 N–H and O–H groups in total. The molecule has 0 saturated heterocycles. The number of hydrogen-bond acceptors (Lipinski definition) is 2. The maximum atomic E-state index is 5.69. The van der Waals surface area contributed by atoms with Gasteiger partial charge >= 0.3 is 0 Å². The van der Waals surface area contributed by atoms with Crippen LogP contribution in [0.3, 0.4) is 0 Å². The molecule has 3 heteroatoms. The number of hydrogen-bond donors (Lipinski definition) is 1. The maximum absolute atomic E-state index is 5.69. The molecule has 0 aromatic heterocycles. The molecule has 0 fully saturated rings. The molecule has 0 radical (unpaired) electrons. The Labute approximate surface area is 110 Å². The number of nitrogens with one attached hydrogen (secondary N) is 1. The SMILES string of the molecule is CNc1ccc(OCc2ccc(Br)cc2)cc1. The number of benzene rings is 2. The Balaban J connectivity index is 1.95. The molecule has 2 rings (SSSR count). The van der Waals surface area contributed by atoms with Crippen molar-refractivity contribution in [2.75, 3.05) is 12.4 Å². The van der Waals surface area contributed by atoms with E-state index in [9.17, 15) is 0 Å². The van der Waals surface area contributed by atoms with E-state index in [1.54, 1.807) is 0 Å². The van der Waals surface area contributed by atoms with E-state index < -0.39 is 0 Å². The first-order chi connectivity index (χ1) is 8.28. The highest BCUT2D eigenvalue weighted by Crippen LogP contribution is 2.17. The zero-order chi connectivity index (χ0) is 12.1. The van der Waals surface area contributed by atoms with Gasteiger partial charge in [0.25, 0.3) is 0 Å². The van der Waals surface area contributed by atoms with Crippen LogP contribution >= 0.6 is 15.9 Å². The molecular formula is C14H14BrNO. The van der Waals surface area contributed by atoms with E-state index in [1.807, 2.05) is 55.6 Å². The van der Waals surface area contributed by atoms with Gasteiger partial charge in [0.05, 0.1) is 0 Å². The molecule has 0 amide bonds. The monoisotopic (exact) mass is 291 g/mol. The lowest BCUT2D eigenvalue weighted by Gasteiger charge is -2.07. The Morgan fingerprint density at radius 2 is 1.65 bits per heavy atom. The van der Waals surface area contributed by atoms with Crippen molar-refractivity contribution < 1.29 is 4.74 Å². The van der Waals surface area contributed by atoms with E-state index in [0.29, 0.717) is 6.61 Å². The van der Waals surface area contributed by atoms with Crippen molar-refractivity contribution in [3.63, 3.8) is 0 Å². The van der Waals surface area contributed by atoms with Crippen molar-refractivity contribution in [3.05, 3.63) is 58.6 Å². The minimum Gasteiger partial charge on any atom is -0.489 e. The summed E-state index contributed by atoms with van der Waals surface area (Å²) in [6.45, 7) is 0.589. The van der Waals surface area contributed by atoms with Gasteiger partial charge in [0, 0.05) is 17.2 Å². The van der Waals surface area contributed by atoms with Gasteiger partial charge in [-0.3, -0.25) is 0 Å². The van der Waals surface area contributed by atoms with Crippen molar-refractivity contribution >= 4 is 21.6 Å². The van der Waals surface area contributed by atoms with E-state index >= 15 is 0 Å². The topological polar surface area (TPSA) is 21.3 Å². The molecular weight excluding hydrogens is 278 g/mol. The lowest BCUT2D eigenvalue weighted by atomic mass is 10.2. The highest BCUT2D eigenvalue weighted by atomic mass is 79.9. The zero-order valence-electron chi connectivity index (χ0n) is 9.61. The molecule has 88 valence electrons. The van der Waals surface area contributed by atoms with E-state index in [1.165, 1.54) is 0 Å². The fourth-order valence-electron chi connectivity index (χ4n) is 1.47. The van der Waals surface area contributed by atoms with Gasteiger partial charge in [-0.15, -0.1) is 0 Å². The molecule has 0 unspecified atom stereocenters. The Morgan fingerprint density at radius 3 is 2.24 bits per heavy atom. The van der Waals surface area contributed by atoms with Crippen molar-refractivity contribution in [3.8, 4) is 5.75 Å². The average molecular weight is 292 g/mol. The summed E-state index contributed by atoms with van der Waals surface area (Å²) in [6, 6.07) is 16.0. The van der Waals surface area contributed by atoms with Crippen LogP contribution in [0, 0.1) is 0 Å². The van der Waals surface area contributed by atoms with Gasteiger partial charge < -0.3 is 10.1 Å². The summed E-state index contributed by atoms with van der Waals surface area (Å²) in [7, 11) is 1.90. The molecule has 2 aromatic carbocycles. The van der Waals surface area contributed by atoms with Gasteiger partial charge in [-0.2, -0.15) is 0 Å². The van der Waals surface area contributed by atoms with E-state index in [4.69, 9.17) is 4.74 Å². The molecule has 0 saturated carbocycles. The van der Waals surface area contributed by atoms with Crippen LogP contribution in [-0.2, 0) is 6.61 Å².